The van der Waals surface area contributed by atoms with E-state index in [9.17, 15) is 4.39 Å². The highest BCUT2D eigenvalue weighted by Gasteiger charge is 2.14. The number of rotatable bonds is 5. The highest BCUT2D eigenvalue weighted by atomic mass is 79.9. The van der Waals surface area contributed by atoms with Crippen LogP contribution in [-0.2, 0) is 13.0 Å². The molecule has 1 aromatic carbocycles. The van der Waals surface area contributed by atoms with Crippen LogP contribution in [-0.4, -0.2) is 15.8 Å². The van der Waals surface area contributed by atoms with E-state index in [1.165, 1.54) is 11.6 Å². The fourth-order valence-electron chi connectivity index (χ4n) is 2.40. The fraction of sp³-hybridized carbons (Fsp3) is 0.438. The summed E-state index contributed by atoms with van der Waals surface area (Å²) in [5.74, 6) is -0.248. The molecule has 0 amide bonds. The third kappa shape index (κ3) is 3.71. The Labute approximate surface area is 133 Å². The molecule has 0 saturated heterocycles. The van der Waals surface area contributed by atoms with Crippen molar-refractivity contribution >= 4 is 15.9 Å². The lowest BCUT2D eigenvalue weighted by Crippen LogP contribution is -2.22. The van der Waals surface area contributed by atoms with Gasteiger partial charge in [-0.15, -0.1) is 0 Å². The standard InChI is InChI=1S/C16H21BrFN3/c1-4-13(19)8-14-10(2)20-21(11(14)3)9-12-5-6-16(18)15(17)7-12/h5-7,13H,4,8-9,19H2,1-3H3. The smallest absolute Gasteiger partial charge is 0.137 e. The van der Waals surface area contributed by atoms with Crippen molar-refractivity contribution < 1.29 is 4.39 Å². The maximum Gasteiger partial charge on any atom is 0.137 e. The SMILES string of the molecule is CCC(N)Cc1c(C)nn(Cc2ccc(F)c(Br)c2)c1C. The van der Waals surface area contributed by atoms with E-state index in [0.29, 0.717) is 11.0 Å². The van der Waals surface area contributed by atoms with Crippen LogP contribution in [0, 0.1) is 19.7 Å². The Morgan fingerprint density at radius 3 is 2.71 bits per heavy atom. The molecule has 0 saturated carbocycles. The maximum atomic E-state index is 13.3. The number of nitrogens with zero attached hydrogens (tertiary/aromatic N) is 2. The van der Waals surface area contributed by atoms with Crippen molar-refractivity contribution in [2.75, 3.05) is 0 Å². The van der Waals surface area contributed by atoms with Crippen molar-refractivity contribution in [1.29, 1.82) is 0 Å². The molecule has 0 aliphatic carbocycles. The predicted octanol–water partition coefficient (Wildman–Crippen LogP) is 3.73. The molecular weight excluding hydrogens is 333 g/mol. The fourth-order valence-corrected chi connectivity index (χ4v) is 2.83. The van der Waals surface area contributed by atoms with Crippen LogP contribution in [0.15, 0.2) is 22.7 Å². The van der Waals surface area contributed by atoms with Crippen molar-refractivity contribution in [2.24, 2.45) is 5.73 Å². The van der Waals surface area contributed by atoms with E-state index in [0.717, 1.165) is 29.8 Å². The third-order valence-corrected chi connectivity index (χ3v) is 4.45. The summed E-state index contributed by atoms with van der Waals surface area (Å²) in [5, 5.41) is 4.60. The van der Waals surface area contributed by atoms with Gasteiger partial charge in [-0.1, -0.05) is 13.0 Å². The monoisotopic (exact) mass is 353 g/mol. The van der Waals surface area contributed by atoms with Gasteiger partial charge in [-0.05, 0) is 65.9 Å². The summed E-state index contributed by atoms with van der Waals surface area (Å²) in [6, 6.07) is 5.22. The summed E-state index contributed by atoms with van der Waals surface area (Å²) in [6.45, 7) is 6.81. The number of aromatic nitrogens is 2. The molecule has 2 N–H and O–H groups in total. The summed E-state index contributed by atoms with van der Waals surface area (Å²) in [7, 11) is 0. The largest absolute Gasteiger partial charge is 0.327 e. The molecular formula is C16H21BrFN3. The van der Waals surface area contributed by atoms with Crippen LogP contribution in [0.4, 0.5) is 4.39 Å². The summed E-state index contributed by atoms with van der Waals surface area (Å²) < 4.78 is 15.7. The highest BCUT2D eigenvalue weighted by Crippen LogP contribution is 2.20. The van der Waals surface area contributed by atoms with Gasteiger partial charge in [0.25, 0.3) is 0 Å². The van der Waals surface area contributed by atoms with Crippen molar-refractivity contribution in [3.05, 3.63) is 51.0 Å². The number of aryl methyl sites for hydroxylation is 1. The van der Waals surface area contributed by atoms with Gasteiger partial charge >= 0.3 is 0 Å². The van der Waals surface area contributed by atoms with Crippen LogP contribution in [0.25, 0.3) is 0 Å². The van der Waals surface area contributed by atoms with Gasteiger partial charge in [0.15, 0.2) is 0 Å². The van der Waals surface area contributed by atoms with E-state index in [2.05, 4.69) is 34.9 Å². The zero-order valence-electron chi connectivity index (χ0n) is 12.7. The van der Waals surface area contributed by atoms with Gasteiger partial charge in [0.05, 0.1) is 16.7 Å². The van der Waals surface area contributed by atoms with E-state index in [-0.39, 0.29) is 11.9 Å². The van der Waals surface area contributed by atoms with Crippen molar-refractivity contribution in [3.8, 4) is 0 Å². The Morgan fingerprint density at radius 1 is 1.38 bits per heavy atom. The number of benzene rings is 1. The van der Waals surface area contributed by atoms with Gasteiger partial charge < -0.3 is 5.73 Å². The Kier molecular flexibility index (Phi) is 5.17. The Balaban J connectivity index is 2.24. The second kappa shape index (κ2) is 6.71. The van der Waals surface area contributed by atoms with Gasteiger partial charge in [0.2, 0.25) is 0 Å². The van der Waals surface area contributed by atoms with Gasteiger partial charge in [-0.2, -0.15) is 5.10 Å². The van der Waals surface area contributed by atoms with E-state index in [1.54, 1.807) is 12.1 Å². The highest BCUT2D eigenvalue weighted by molar-refractivity contribution is 9.10. The molecule has 3 nitrogen and oxygen atoms in total. The normalized spacial score (nSPS) is 12.7. The van der Waals surface area contributed by atoms with E-state index >= 15 is 0 Å². The molecule has 0 aliphatic heterocycles. The van der Waals surface area contributed by atoms with Crippen molar-refractivity contribution in [1.82, 2.24) is 9.78 Å². The molecule has 5 heteroatoms. The van der Waals surface area contributed by atoms with E-state index in [1.807, 2.05) is 11.6 Å². The summed E-state index contributed by atoms with van der Waals surface area (Å²) in [5.41, 5.74) is 10.5. The van der Waals surface area contributed by atoms with Gasteiger partial charge in [-0.3, -0.25) is 4.68 Å². The van der Waals surface area contributed by atoms with Crippen LogP contribution in [0.5, 0.6) is 0 Å². The number of hydrogen-bond donors (Lipinski definition) is 1. The minimum absolute atomic E-state index is 0.167. The third-order valence-electron chi connectivity index (χ3n) is 3.84. The quantitative estimate of drug-likeness (QED) is 0.889. The average molecular weight is 354 g/mol. The first-order valence-electron chi connectivity index (χ1n) is 7.14. The molecule has 114 valence electrons. The minimum atomic E-state index is -0.248. The second-order valence-electron chi connectivity index (χ2n) is 5.43. The Hall–Kier alpha value is -1.20. The number of nitrogens with two attached hydrogens (primary N) is 1. The van der Waals surface area contributed by atoms with Crippen LogP contribution in [0.2, 0.25) is 0 Å². The van der Waals surface area contributed by atoms with Crippen molar-refractivity contribution in [2.45, 2.75) is 46.2 Å². The van der Waals surface area contributed by atoms with E-state index < -0.39 is 0 Å². The first-order valence-corrected chi connectivity index (χ1v) is 7.94. The first-order chi connectivity index (χ1) is 9.92. The molecule has 0 aliphatic rings. The molecule has 1 aromatic heterocycles. The number of halogens is 2. The molecule has 21 heavy (non-hydrogen) atoms. The zero-order valence-corrected chi connectivity index (χ0v) is 14.2. The molecule has 1 unspecified atom stereocenters. The van der Waals surface area contributed by atoms with Gasteiger partial charge in [0, 0.05) is 11.7 Å². The summed E-state index contributed by atoms with van der Waals surface area (Å²) in [4.78, 5) is 0. The van der Waals surface area contributed by atoms with Crippen molar-refractivity contribution in [3.63, 3.8) is 0 Å². The van der Waals surface area contributed by atoms with Crippen LogP contribution < -0.4 is 5.73 Å². The molecule has 0 spiro atoms. The second-order valence-corrected chi connectivity index (χ2v) is 6.28. The molecule has 0 fully saturated rings. The summed E-state index contributed by atoms with van der Waals surface area (Å²) >= 11 is 3.22. The lowest BCUT2D eigenvalue weighted by atomic mass is 10.0. The molecule has 0 bridgehead atoms. The zero-order chi connectivity index (χ0) is 15.6. The van der Waals surface area contributed by atoms with Crippen LogP contribution in [0.1, 0.15) is 35.9 Å². The van der Waals surface area contributed by atoms with Gasteiger partial charge in [0.1, 0.15) is 5.82 Å². The summed E-state index contributed by atoms with van der Waals surface area (Å²) in [6.07, 6.45) is 1.80. The topological polar surface area (TPSA) is 43.8 Å². The van der Waals surface area contributed by atoms with E-state index in [4.69, 9.17) is 5.73 Å². The Bertz CT molecular complexity index is 637. The molecule has 1 atom stereocenters. The average Bonchev–Trinajstić information content (AvgIpc) is 2.70. The first kappa shape index (κ1) is 16.2. The van der Waals surface area contributed by atoms with Crippen LogP contribution >= 0.6 is 15.9 Å². The Morgan fingerprint density at radius 2 is 2.10 bits per heavy atom. The molecule has 1 heterocycles. The molecule has 2 aromatic rings. The number of hydrogen-bond acceptors (Lipinski definition) is 2. The van der Waals surface area contributed by atoms with Gasteiger partial charge in [-0.25, -0.2) is 4.39 Å². The molecule has 2 rings (SSSR count). The lowest BCUT2D eigenvalue weighted by molar-refractivity contribution is 0.615. The predicted molar refractivity (Wildman–Crippen MR) is 86.9 cm³/mol. The molecule has 0 radical (unpaired) electrons. The maximum absolute atomic E-state index is 13.3. The lowest BCUT2D eigenvalue weighted by Gasteiger charge is -2.10. The minimum Gasteiger partial charge on any atom is -0.327 e. The van der Waals surface area contributed by atoms with Crippen LogP contribution in [0.3, 0.4) is 0 Å².